The van der Waals surface area contributed by atoms with Crippen molar-refractivity contribution in [1.29, 1.82) is 0 Å². The first-order valence-corrected chi connectivity index (χ1v) is 11.4. The van der Waals surface area contributed by atoms with E-state index in [1.807, 2.05) is 12.1 Å². The molecule has 1 aliphatic rings. The number of aromatic nitrogens is 3. The van der Waals surface area contributed by atoms with Crippen molar-refractivity contribution in [3.63, 3.8) is 0 Å². The van der Waals surface area contributed by atoms with E-state index in [9.17, 15) is 14.0 Å². The number of piperazine rings is 1. The average Bonchev–Trinajstić information content (AvgIpc) is 2.81. The smallest absolute Gasteiger partial charge is 0.326 e. The predicted molar refractivity (Wildman–Crippen MR) is 131 cm³/mol. The summed E-state index contributed by atoms with van der Waals surface area (Å²) in [5, 5.41) is 4.30. The predicted octanol–water partition coefficient (Wildman–Crippen LogP) is 1.26. The molecule has 3 heterocycles. The number of hydrazine groups is 1. The normalized spacial score (nSPS) is 15.4. The Morgan fingerprint density at radius 3 is 2.42 bits per heavy atom. The molecule has 0 radical (unpaired) electrons. The SMILES string of the molecule is CN1CCN(N(C)c2nc3c(c(-c4cc(F)ccc4Br)c2CN)c(=O)n(C)c(=O)n3C)CC1. The maximum atomic E-state index is 14.3. The van der Waals surface area contributed by atoms with E-state index in [1.165, 1.54) is 23.7 Å². The van der Waals surface area contributed by atoms with Crippen LogP contribution in [0.2, 0.25) is 0 Å². The minimum absolute atomic E-state index is 0.0701. The summed E-state index contributed by atoms with van der Waals surface area (Å²) in [6.45, 7) is 3.41. The molecule has 0 saturated carbocycles. The van der Waals surface area contributed by atoms with E-state index >= 15 is 0 Å². The standard InChI is InChI=1S/C22H27BrFN7O2/c1-27-7-9-31(10-8-27)30(4)19-15(12-25)17(14-11-13(24)5-6-16(14)23)18-20(26-19)28(2)22(33)29(3)21(18)32/h5-6,11H,7-10,12,25H2,1-4H3. The minimum atomic E-state index is -0.504. The first-order valence-electron chi connectivity index (χ1n) is 10.6. The van der Waals surface area contributed by atoms with Crippen molar-refractivity contribution in [3.05, 3.63) is 54.9 Å². The van der Waals surface area contributed by atoms with Gasteiger partial charge in [-0.3, -0.25) is 18.9 Å². The number of benzene rings is 1. The van der Waals surface area contributed by atoms with Crippen molar-refractivity contribution in [3.8, 4) is 11.1 Å². The van der Waals surface area contributed by atoms with E-state index in [0.29, 0.717) is 27.0 Å². The van der Waals surface area contributed by atoms with Gasteiger partial charge in [-0.05, 0) is 25.2 Å². The summed E-state index contributed by atoms with van der Waals surface area (Å²) in [4.78, 5) is 33.0. The number of pyridine rings is 1. The third kappa shape index (κ3) is 3.99. The number of hydrogen-bond acceptors (Lipinski definition) is 7. The molecule has 0 atom stereocenters. The third-order valence-electron chi connectivity index (χ3n) is 6.28. The number of nitrogens with two attached hydrogens (primary N) is 1. The molecule has 1 saturated heterocycles. The second kappa shape index (κ2) is 8.98. The fraction of sp³-hybridized carbons (Fsp3) is 0.409. The number of anilines is 1. The van der Waals surface area contributed by atoms with Gasteiger partial charge in [0.05, 0.1) is 5.39 Å². The van der Waals surface area contributed by atoms with Crippen LogP contribution in [0.25, 0.3) is 22.2 Å². The molecular weight excluding hydrogens is 493 g/mol. The van der Waals surface area contributed by atoms with Gasteiger partial charge in [-0.25, -0.2) is 19.2 Å². The topological polar surface area (TPSA) is 92.6 Å². The monoisotopic (exact) mass is 519 g/mol. The van der Waals surface area contributed by atoms with E-state index in [1.54, 1.807) is 13.1 Å². The van der Waals surface area contributed by atoms with Gasteiger partial charge in [-0.1, -0.05) is 15.9 Å². The van der Waals surface area contributed by atoms with Crippen LogP contribution < -0.4 is 22.0 Å². The average molecular weight is 520 g/mol. The zero-order valence-electron chi connectivity index (χ0n) is 19.1. The summed E-state index contributed by atoms with van der Waals surface area (Å²) in [6, 6.07) is 4.29. The Balaban J connectivity index is 2.12. The fourth-order valence-electron chi connectivity index (χ4n) is 4.29. The van der Waals surface area contributed by atoms with Gasteiger partial charge in [0.25, 0.3) is 5.56 Å². The molecular formula is C22H27BrFN7O2. The molecule has 0 amide bonds. The molecule has 33 heavy (non-hydrogen) atoms. The molecule has 1 aromatic carbocycles. The molecule has 0 bridgehead atoms. The van der Waals surface area contributed by atoms with Crippen molar-refractivity contribution >= 4 is 32.8 Å². The molecule has 2 aromatic heterocycles. The number of likely N-dealkylation sites (N-methyl/N-ethyl adjacent to an activating group) is 1. The van der Waals surface area contributed by atoms with Crippen LogP contribution >= 0.6 is 15.9 Å². The van der Waals surface area contributed by atoms with Crippen LogP contribution in [0.3, 0.4) is 0 Å². The molecule has 0 unspecified atom stereocenters. The molecule has 1 aliphatic heterocycles. The van der Waals surface area contributed by atoms with E-state index in [-0.39, 0.29) is 17.6 Å². The van der Waals surface area contributed by atoms with Gasteiger partial charge in [0.2, 0.25) is 0 Å². The maximum absolute atomic E-state index is 14.3. The maximum Gasteiger partial charge on any atom is 0.332 e. The third-order valence-corrected chi connectivity index (χ3v) is 6.97. The summed E-state index contributed by atoms with van der Waals surface area (Å²) in [5.41, 5.74) is 7.02. The summed E-state index contributed by atoms with van der Waals surface area (Å²) >= 11 is 3.50. The molecule has 0 spiro atoms. The zero-order chi connectivity index (χ0) is 24.0. The quantitative estimate of drug-likeness (QED) is 0.554. The van der Waals surface area contributed by atoms with Gasteiger partial charge in [0, 0.05) is 75.0 Å². The van der Waals surface area contributed by atoms with Crippen LogP contribution in [-0.2, 0) is 20.6 Å². The highest BCUT2D eigenvalue weighted by molar-refractivity contribution is 9.10. The summed E-state index contributed by atoms with van der Waals surface area (Å²) in [7, 11) is 6.95. The van der Waals surface area contributed by atoms with Gasteiger partial charge in [0.1, 0.15) is 11.6 Å². The Bertz CT molecular complexity index is 1350. The molecule has 9 nitrogen and oxygen atoms in total. The van der Waals surface area contributed by atoms with Crippen molar-refractivity contribution in [2.75, 3.05) is 45.3 Å². The first kappa shape index (κ1) is 23.6. The molecule has 11 heteroatoms. The lowest BCUT2D eigenvalue weighted by atomic mass is 9.96. The molecule has 2 N–H and O–H groups in total. The minimum Gasteiger partial charge on any atom is -0.326 e. The fourth-order valence-corrected chi connectivity index (χ4v) is 4.74. The molecule has 0 aliphatic carbocycles. The van der Waals surface area contributed by atoms with Crippen molar-refractivity contribution in [2.24, 2.45) is 19.8 Å². The number of aryl methyl sites for hydroxylation is 1. The van der Waals surface area contributed by atoms with Crippen molar-refractivity contribution in [2.45, 2.75) is 6.54 Å². The summed E-state index contributed by atoms with van der Waals surface area (Å²) in [5.74, 6) is 0.0840. The van der Waals surface area contributed by atoms with Crippen molar-refractivity contribution < 1.29 is 4.39 Å². The number of hydrogen-bond donors (Lipinski definition) is 1. The second-order valence-corrected chi connectivity index (χ2v) is 9.16. The van der Waals surface area contributed by atoms with Gasteiger partial charge in [0.15, 0.2) is 5.65 Å². The van der Waals surface area contributed by atoms with Crippen LogP contribution in [0.1, 0.15) is 5.56 Å². The highest BCUT2D eigenvalue weighted by Crippen LogP contribution is 2.38. The Morgan fingerprint density at radius 1 is 1.12 bits per heavy atom. The highest BCUT2D eigenvalue weighted by Gasteiger charge is 2.27. The van der Waals surface area contributed by atoms with Gasteiger partial charge in [-0.2, -0.15) is 0 Å². The molecule has 176 valence electrons. The van der Waals surface area contributed by atoms with Crippen LogP contribution in [0.5, 0.6) is 0 Å². The van der Waals surface area contributed by atoms with Crippen LogP contribution in [0.4, 0.5) is 10.2 Å². The van der Waals surface area contributed by atoms with Gasteiger partial charge >= 0.3 is 5.69 Å². The molecule has 4 rings (SSSR count). The van der Waals surface area contributed by atoms with E-state index in [4.69, 9.17) is 10.7 Å². The van der Waals surface area contributed by atoms with Crippen molar-refractivity contribution in [1.82, 2.24) is 24.0 Å². The lowest BCUT2D eigenvalue weighted by molar-refractivity contribution is 0.147. The van der Waals surface area contributed by atoms with E-state index < -0.39 is 17.1 Å². The molecule has 3 aromatic rings. The highest BCUT2D eigenvalue weighted by atomic mass is 79.9. The number of halogens is 2. The lowest BCUT2D eigenvalue weighted by Gasteiger charge is -2.39. The second-order valence-electron chi connectivity index (χ2n) is 8.30. The van der Waals surface area contributed by atoms with Gasteiger partial charge in [-0.15, -0.1) is 0 Å². The van der Waals surface area contributed by atoms with Gasteiger partial charge < -0.3 is 10.6 Å². The summed E-state index contributed by atoms with van der Waals surface area (Å²) < 4.78 is 17.3. The Hall–Kier alpha value is -2.60. The number of nitrogens with zero attached hydrogens (tertiary/aromatic N) is 6. The number of fused-ring (bicyclic) bond motifs is 1. The zero-order valence-corrected chi connectivity index (χ0v) is 20.7. The lowest BCUT2D eigenvalue weighted by Crippen LogP contribution is -2.52. The van der Waals surface area contributed by atoms with E-state index in [2.05, 4.69) is 32.9 Å². The van der Waals surface area contributed by atoms with Crippen LogP contribution in [0, 0.1) is 5.82 Å². The first-order chi connectivity index (χ1) is 15.6. The van der Waals surface area contributed by atoms with Crippen LogP contribution in [-0.4, -0.2) is 64.3 Å². The van der Waals surface area contributed by atoms with Crippen LogP contribution in [0.15, 0.2) is 32.3 Å². The largest absolute Gasteiger partial charge is 0.332 e. The summed E-state index contributed by atoms with van der Waals surface area (Å²) in [6.07, 6.45) is 0. The van der Waals surface area contributed by atoms with E-state index in [0.717, 1.165) is 30.7 Å². The Kier molecular flexibility index (Phi) is 6.41. The number of rotatable bonds is 4. The molecule has 1 fully saturated rings. The Labute approximate surface area is 198 Å². The Morgan fingerprint density at radius 2 is 1.79 bits per heavy atom.